The number of halogens is 2. The first kappa shape index (κ1) is 23.0. The summed E-state index contributed by atoms with van der Waals surface area (Å²) in [6.07, 6.45) is 0. The number of hydrogen-bond acceptors (Lipinski definition) is 5. The number of Topliss-reactive ketones (excluding diaryl/α,β-unsaturated/α-hetero) is 1. The van der Waals surface area contributed by atoms with Gasteiger partial charge in [0.25, 0.3) is 11.7 Å². The van der Waals surface area contributed by atoms with Gasteiger partial charge in [-0.1, -0.05) is 18.2 Å². The Labute approximate surface area is 194 Å². The minimum absolute atomic E-state index is 0.161. The third-order valence-corrected chi connectivity index (χ3v) is 5.68. The topological polar surface area (TPSA) is 87.1 Å². The maximum absolute atomic E-state index is 14.8. The van der Waals surface area contributed by atoms with Crippen LogP contribution in [0.4, 0.5) is 14.5 Å². The van der Waals surface area contributed by atoms with E-state index in [4.69, 9.17) is 4.74 Å². The molecule has 1 atom stereocenters. The zero-order chi connectivity index (χ0) is 24.7. The van der Waals surface area contributed by atoms with Crippen molar-refractivity contribution in [3.8, 4) is 11.5 Å². The van der Waals surface area contributed by atoms with Gasteiger partial charge >= 0.3 is 0 Å². The van der Waals surface area contributed by atoms with E-state index >= 15 is 0 Å². The van der Waals surface area contributed by atoms with Gasteiger partial charge in [-0.2, -0.15) is 0 Å². The van der Waals surface area contributed by atoms with Crippen molar-refractivity contribution in [3.63, 3.8) is 0 Å². The summed E-state index contributed by atoms with van der Waals surface area (Å²) in [7, 11) is 1.41. The normalized spacial score (nSPS) is 17.3. The summed E-state index contributed by atoms with van der Waals surface area (Å²) < 4.78 is 33.7. The molecule has 0 bridgehead atoms. The first-order valence-corrected chi connectivity index (χ1v) is 10.3. The van der Waals surface area contributed by atoms with Gasteiger partial charge in [-0.15, -0.1) is 0 Å². The molecule has 174 valence electrons. The molecule has 0 radical (unpaired) electrons. The van der Waals surface area contributed by atoms with Gasteiger partial charge in [0.05, 0.1) is 30.0 Å². The van der Waals surface area contributed by atoms with Crippen molar-refractivity contribution in [1.29, 1.82) is 0 Å². The molecule has 4 rings (SSSR count). The average molecular weight is 465 g/mol. The molecule has 34 heavy (non-hydrogen) atoms. The van der Waals surface area contributed by atoms with Gasteiger partial charge in [0, 0.05) is 6.07 Å². The Kier molecular flexibility index (Phi) is 5.83. The first-order chi connectivity index (χ1) is 16.1. The Bertz CT molecular complexity index is 1370. The number of aromatic hydroxyl groups is 1. The number of benzene rings is 3. The predicted molar refractivity (Wildman–Crippen MR) is 122 cm³/mol. The fraction of sp³-hybridized carbons (Fsp3) is 0.154. The lowest BCUT2D eigenvalue weighted by atomic mass is 9.93. The van der Waals surface area contributed by atoms with Gasteiger partial charge in [0.15, 0.2) is 0 Å². The lowest BCUT2D eigenvalue weighted by Crippen LogP contribution is -2.30. The number of hydrogen-bond donors (Lipinski definition) is 2. The van der Waals surface area contributed by atoms with Crippen molar-refractivity contribution in [2.75, 3.05) is 12.0 Å². The molecule has 0 aromatic heterocycles. The Morgan fingerprint density at radius 1 is 1.03 bits per heavy atom. The summed E-state index contributed by atoms with van der Waals surface area (Å²) in [5.41, 5.74) is 1.23. The molecule has 0 spiro atoms. The predicted octanol–water partition coefficient (Wildman–Crippen LogP) is 4.92. The maximum Gasteiger partial charge on any atom is 0.300 e. The number of carbonyl (C=O) groups excluding carboxylic acids is 2. The van der Waals surface area contributed by atoms with Gasteiger partial charge in [0.2, 0.25) is 0 Å². The van der Waals surface area contributed by atoms with Crippen molar-refractivity contribution < 1.29 is 33.3 Å². The van der Waals surface area contributed by atoms with Crippen LogP contribution in [0.5, 0.6) is 11.5 Å². The minimum Gasteiger partial charge on any atom is -0.508 e. The van der Waals surface area contributed by atoms with Gasteiger partial charge in [-0.25, -0.2) is 8.78 Å². The molecular formula is C26H21F2NO5. The Hall–Kier alpha value is -4.20. The molecule has 2 N–H and O–H groups in total. The van der Waals surface area contributed by atoms with Gasteiger partial charge in [-0.3, -0.25) is 14.5 Å². The average Bonchev–Trinajstić information content (AvgIpc) is 3.03. The first-order valence-electron chi connectivity index (χ1n) is 10.3. The van der Waals surface area contributed by atoms with Crippen molar-refractivity contribution in [2.45, 2.75) is 19.9 Å². The minimum atomic E-state index is -1.29. The third-order valence-electron chi connectivity index (χ3n) is 5.68. The quantitative estimate of drug-likeness (QED) is 0.324. The van der Waals surface area contributed by atoms with Crippen molar-refractivity contribution in [1.82, 2.24) is 0 Å². The van der Waals surface area contributed by atoms with Crippen LogP contribution < -0.4 is 9.64 Å². The fourth-order valence-corrected chi connectivity index (χ4v) is 4.31. The zero-order valence-electron chi connectivity index (χ0n) is 18.6. The van der Waals surface area contributed by atoms with E-state index in [1.165, 1.54) is 31.4 Å². The molecular weight excluding hydrogens is 444 g/mol. The van der Waals surface area contributed by atoms with E-state index in [1.807, 2.05) is 6.07 Å². The van der Waals surface area contributed by atoms with E-state index in [0.29, 0.717) is 17.4 Å². The molecule has 3 aromatic carbocycles. The van der Waals surface area contributed by atoms with E-state index in [0.717, 1.165) is 22.6 Å². The number of methoxy groups -OCH3 is 1. The van der Waals surface area contributed by atoms with Gasteiger partial charge in [0.1, 0.15) is 28.9 Å². The molecule has 1 fully saturated rings. The molecule has 1 aliphatic heterocycles. The van der Waals surface area contributed by atoms with Gasteiger partial charge in [-0.05, 0) is 60.9 Å². The van der Waals surface area contributed by atoms with Crippen LogP contribution in [-0.4, -0.2) is 29.0 Å². The molecule has 0 aliphatic carbocycles. The fourth-order valence-electron chi connectivity index (χ4n) is 4.31. The number of ether oxygens (including phenoxy) is 1. The lowest BCUT2D eigenvalue weighted by molar-refractivity contribution is -0.132. The lowest BCUT2D eigenvalue weighted by Gasteiger charge is -2.26. The van der Waals surface area contributed by atoms with Crippen molar-refractivity contribution >= 4 is 23.1 Å². The number of aliphatic hydroxyl groups excluding tert-OH is 1. The van der Waals surface area contributed by atoms with Crippen LogP contribution >= 0.6 is 0 Å². The van der Waals surface area contributed by atoms with Crippen LogP contribution in [0.3, 0.4) is 0 Å². The number of rotatable bonds is 4. The summed E-state index contributed by atoms with van der Waals surface area (Å²) in [6.45, 7) is 3.56. The molecule has 1 aliphatic rings. The molecule has 1 amide bonds. The van der Waals surface area contributed by atoms with Crippen molar-refractivity contribution in [3.05, 3.63) is 94.1 Å². The summed E-state index contributed by atoms with van der Waals surface area (Å²) in [4.78, 5) is 27.2. The molecule has 0 saturated carbocycles. The number of nitrogens with zero attached hydrogens (tertiary/aromatic N) is 1. The number of carbonyl (C=O) groups is 2. The molecule has 3 aromatic rings. The smallest absolute Gasteiger partial charge is 0.300 e. The second-order valence-electron chi connectivity index (χ2n) is 8.02. The molecule has 6 nitrogen and oxygen atoms in total. The number of phenols is 1. The van der Waals surface area contributed by atoms with Crippen LogP contribution in [0.15, 0.2) is 60.2 Å². The number of aryl methyl sites for hydroxylation is 2. The van der Waals surface area contributed by atoms with Crippen LogP contribution in [0.25, 0.3) is 5.76 Å². The highest BCUT2D eigenvalue weighted by Crippen LogP contribution is 2.45. The highest BCUT2D eigenvalue weighted by molar-refractivity contribution is 6.51. The molecule has 8 heteroatoms. The summed E-state index contributed by atoms with van der Waals surface area (Å²) in [5.74, 6) is -4.45. The third kappa shape index (κ3) is 3.77. The molecule has 1 unspecified atom stereocenters. The van der Waals surface area contributed by atoms with Crippen LogP contribution in [-0.2, 0) is 9.59 Å². The Morgan fingerprint density at radius 3 is 2.41 bits per heavy atom. The number of phenolic OH excluding ortho intramolecular Hbond substituents is 1. The van der Waals surface area contributed by atoms with Crippen LogP contribution in [0.2, 0.25) is 0 Å². The SMILES string of the molecule is COc1c(C)cc(C)cc1/C(O)=C1\C(=O)C(=O)N(c2ccc(F)cc2F)C1c1cccc(O)c1. The Morgan fingerprint density at radius 2 is 1.76 bits per heavy atom. The summed E-state index contributed by atoms with van der Waals surface area (Å²) in [5, 5.41) is 21.4. The van der Waals surface area contributed by atoms with Crippen LogP contribution in [0.1, 0.15) is 28.3 Å². The zero-order valence-corrected chi connectivity index (χ0v) is 18.6. The second kappa shape index (κ2) is 8.62. The van der Waals surface area contributed by atoms with E-state index in [2.05, 4.69) is 0 Å². The number of amides is 1. The second-order valence-corrected chi connectivity index (χ2v) is 8.02. The molecule has 1 saturated heterocycles. The largest absolute Gasteiger partial charge is 0.508 e. The number of aliphatic hydroxyl groups is 1. The monoisotopic (exact) mass is 465 g/mol. The van der Waals surface area contributed by atoms with E-state index in [9.17, 15) is 28.6 Å². The number of anilines is 1. The van der Waals surface area contributed by atoms with Gasteiger partial charge < -0.3 is 14.9 Å². The maximum atomic E-state index is 14.8. The standard InChI is InChI=1S/C26H21F2NO5/c1-13-9-14(2)25(34-3)18(10-13)23(31)21-22(15-5-4-6-17(30)11-15)29(26(33)24(21)32)20-8-7-16(27)12-19(20)28/h4-12,22,30-31H,1-3H3/b23-21+. The van der Waals surface area contributed by atoms with Crippen LogP contribution in [0, 0.1) is 25.5 Å². The van der Waals surface area contributed by atoms with E-state index in [-0.39, 0.29) is 28.1 Å². The summed E-state index contributed by atoms with van der Waals surface area (Å²) in [6, 6.07) is 10.4. The highest BCUT2D eigenvalue weighted by atomic mass is 19.1. The van der Waals surface area contributed by atoms with Crippen molar-refractivity contribution in [2.24, 2.45) is 0 Å². The Balaban J connectivity index is 2.04. The highest BCUT2D eigenvalue weighted by Gasteiger charge is 2.48. The number of ketones is 1. The van der Waals surface area contributed by atoms with E-state index < -0.39 is 35.1 Å². The van der Waals surface area contributed by atoms with E-state index in [1.54, 1.807) is 19.9 Å². The summed E-state index contributed by atoms with van der Waals surface area (Å²) >= 11 is 0. The molecule has 1 heterocycles.